The van der Waals surface area contributed by atoms with Gasteiger partial charge >= 0.3 is 12.1 Å². The Kier molecular flexibility index (Phi) is 7.13. The number of halogens is 3. The summed E-state index contributed by atoms with van der Waals surface area (Å²) in [4.78, 5) is 34.0. The zero-order valence-electron chi connectivity index (χ0n) is 15.8. The molecule has 0 aliphatic carbocycles. The van der Waals surface area contributed by atoms with Crippen LogP contribution in [0.25, 0.3) is 0 Å². The Bertz CT molecular complexity index is 842. The topological polar surface area (TPSA) is 113 Å². The summed E-state index contributed by atoms with van der Waals surface area (Å²) in [6, 6.07) is 1.59. The Labute approximate surface area is 164 Å². The zero-order chi connectivity index (χ0) is 21.6. The van der Waals surface area contributed by atoms with E-state index in [4.69, 9.17) is 14.4 Å². The normalized spacial score (nSPS) is 13.6. The molecule has 158 valence electrons. The third kappa shape index (κ3) is 5.65. The molecule has 0 unspecified atom stereocenters. The minimum absolute atomic E-state index is 0.122. The van der Waals surface area contributed by atoms with E-state index in [1.54, 1.807) is 17.3 Å². The molecule has 0 saturated carbocycles. The number of carboxylic acids is 1. The van der Waals surface area contributed by atoms with Gasteiger partial charge in [-0.2, -0.15) is 13.2 Å². The lowest BCUT2D eigenvalue weighted by atomic mass is 10.1. The fraction of sp³-hybridized carbons (Fsp3) is 0.471. The molecule has 1 aliphatic rings. The fourth-order valence-corrected chi connectivity index (χ4v) is 2.67. The van der Waals surface area contributed by atoms with E-state index in [9.17, 15) is 18.0 Å². The predicted molar refractivity (Wildman–Crippen MR) is 94.5 cm³/mol. The van der Waals surface area contributed by atoms with E-state index in [-0.39, 0.29) is 11.7 Å². The van der Waals surface area contributed by atoms with Gasteiger partial charge in [0.05, 0.1) is 11.9 Å². The summed E-state index contributed by atoms with van der Waals surface area (Å²) in [6.07, 6.45) is -0.522. The largest absolute Gasteiger partial charge is 0.490 e. The molecule has 0 atom stereocenters. The number of carbonyl (C=O) groups is 2. The Morgan fingerprint density at radius 2 is 1.93 bits per heavy atom. The van der Waals surface area contributed by atoms with Crippen molar-refractivity contribution in [3.63, 3.8) is 0 Å². The Morgan fingerprint density at radius 3 is 2.48 bits per heavy atom. The van der Waals surface area contributed by atoms with Gasteiger partial charge in [0.25, 0.3) is 5.91 Å². The number of anilines is 1. The van der Waals surface area contributed by atoms with Gasteiger partial charge in [-0.05, 0) is 13.3 Å². The van der Waals surface area contributed by atoms with Crippen LogP contribution in [0.3, 0.4) is 0 Å². The highest BCUT2D eigenvalue weighted by Gasteiger charge is 2.38. The van der Waals surface area contributed by atoms with Crippen molar-refractivity contribution in [2.45, 2.75) is 25.9 Å². The van der Waals surface area contributed by atoms with E-state index >= 15 is 0 Å². The van der Waals surface area contributed by atoms with E-state index in [1.165, 1.54) is 6.20 Å². The van der Waals surface area contributed by atoms with Gasteiger partial charge in [-0.3, -0.25) is 4.79 Å². The van der Waals surface area contributed by atoms with Crippen molar-refractivity contribution in [3.05, 3.63) is 35.6 Å². The average molecular weight is 415 g/mol. The van der Waals surface area contributed by atoms with Gasteiger partial charge < -0.3 is 19.4 Å². The summed E-state index contributed by atoms with van der Waals surface area (Å²) in [6.45, 7) is 4.22. The molecule has 1 aliphatic heterocycles. The first-order chi connectivity index (χ1) is 13.6. The number of amides is 1. The van der Waals surface area contributed by atoms with Crippen molar-refractivity contribution in [1.29, 1.82) is 0 Å². The minimum atomic E-state index is -5.08. The molecular formula is C17H20F3N5O4. The van der Waals surface area contributed by atoms with Crippen LogP contribution in [0, 0.1) is 0 Å². The highest BCUT2D eigenvalue weighted by atomic mass is 19.4. The maximum atomic E-state index is 12.4. The zero-order valence-corrected chi connectivity index (χ0v) is 15.8. The van der Waals surface area contributed by atoms with E-state index < -0.39 is 12.1 Å². The molecule has 2 aromatic heterocycles. The molecule has 0 spiro atoms. The van der Waals surface area contributed by atoms with Gasteiger partial charge in [-0.15, -0.1) is 0 Å². The predicted octanol–water partition coefficient (Wildman–Crippen LogP) is 1.79. The van der Waals surface area contributed by atoms with Gasteiger partial charge in [0.1, 0.15) is 12.1 Å². The minimum Gasteiger partial charge on any atom is -0.475 e. The number of carbonyl (C=O) groups excluding carboxylic acids is 1. The number of rotatable bonds is 3. The molecule has 1 N–H and O–H groups in total. The lowest BCUT2D eigenvalue weighted by molar-refractivity contribution is -0.192. The molecule has 0 radical (unpaired) electrons. The first-order valence-corrected chi connectivity index (χ1v) is 8.69. The summed E-state index contributed by atoms with van der Waals surface area (Å²) in [5.74, 6) is -1.64. The van der Waals surface area contributed by atoms with Crippen LogP contribution in [0.15, 0.2) is 23.1 Å². The summed E-state index contributed by atoms with van der Waals surface area (Å²) >= 11 is 0. The van der Waals surface area contributed by atoms with E-state index in [0.717, 1.165) is 36.5 Å². The number of aliphatic carboxylic acids is 1. The highest BCUT2D eigenvalue weighted by molar-refractivity contribution is 5.91. The van der Waals surface area contributed by atoms with E-state index in [0.29, 0.717) is 13.1 Å². The van der Waals surface area contributed by atoms with Crippen molar-refractivity contribution in [1.82, 2.24) is 20.0 Å². The Hall–Kier alpha value is -3.18. The van der Waals surface area contributed by atoms with E-state index in [1.807, 2.05) is 7.05 Å². The van der Waals surface area contributed by atoms with Gasteiger partial charge in [-0.1, -0.05) is 5.16 Å². The lowest BCUT2D eigenvalue weighted by Gasteiger charge is -2.20. The Morgan fingerprint density at radius 1 is 1.28 bits per heavy atom. The SMILES string of the molecule is CCN(C)c1ncnc2c1CCN(C(=O)c1ccno1)CC2.O=C(O)C(F)(F)F. The summed E-state index contributed by atoms with van der Waals surface area (Å²) < 4.78 is 36.7. The first kappa shape index (κ1) is 22.1. The van der Waals surface area contributed by atoms with Crippen LogP contribution in [0.2, 0.25) is 0 Å². The molecule has 3 heterocycles. The molecule has 0 aromatic carbocycles. The summed E-state index contributed by atoms with van der Waals surface area (Å²) in [5.41, 5.74) is 2.16. The number of nitrogens with zero attached hydrogens (tertiary/aromatic N) is 5. The second-order valence-electron chi connectivity index (χ2n) is 6.11. The molecule has 0 fully saturated rings. The van der Waals surface area contributed by atoms with Gasteiger partial charge in [0.2, 0.25) is 5.76 Å². The molecule has 3 rings (SSSR count). The second-order valence-corrected chi connectivity index (χ2v) is 6.11. The smallest absolute Gasteiger partial charge is 0.475 e. The molecule has 29 heavy (non-hydrogen) atoms. The highest BCUT2D eigenvalue weighted by Crippen LogP contribution is 2.23. The van der Waals surface area contributed by atoms with Gasteiger partial charge in [-0.25, -0.2) is 14.8 Å². The number of aromatic nitrogens is 3. The van der Waals surface area contributed by atoms with E-state index in [2.05, 4.69) is 26.9 Å². The van der Waals surface area contributed by atoms with Crippen LogP contribution in [-0.2, 0) is 17.6 Å². The van der Waals surface area contributed by atoms with Crippen LogP contribution in [0.1, 0.15) is 28.7 Å². The maximum Gasteiger partial charge on any atom is 0.490 e. The number of hydrogen-bond donors (Lipinski definition) is 1. The lowest BCUT2D eigenvalue weighted by Crippen LogP contribution is -2.33. The molecule has 0 bridgehead atoms. The molecule has 0 saturated heterocycles. The molecule has 2 aromatic rings. The van der Waals surface area contributed by atoms with Crippen LogP contribution in [0.5, 0.6) is 0 Å². The molecule has 12 heteroatoms. The van der Waals surface area contributed by atoms with Gasteiger partial charge in [0, 0.05) is 44.7 Å². The van der Waals surface area contributed by atoms with Crippen LogP contribution < -0.4 is 4.90 Å². The third-order valence-electron chi connectivity index (χ3n) is 4.28. The number of alkyl halides is 3. The monoisotopic (exact) mass is 415 g/mol. The van der Waals surface area contributed by atoms with Gasteiger partial charge in [0.15, 0.2) is 0 Å². The van der Waals surface area contributed by atoms with Crippen molar-refractivity contribution in [3.8, 4) is 0 Å². The molecule has 1 amide bonds. The van der Waals surface area contributed by atoms with Crippen molar-refractivity contribution >= 4 is 17.7 Å². The summed E-state index contributed by atoms with van der Waals surface area (Å²) in [5, 5.41) is 10.7. The molecular weight excluding hydrogens is 395 g/mol. The average Bonchev–Trinajstić information content (AvgIpc) is 3.13. The second kappa shape index (κ2) is 9.34. The quantitative estimate of drug-likeness (QED) is 0.808. The summed E-state index contributed by atoms with van der Waals surface area (Å²) in [7, 11) is 2.02. The maximum absolute atomic E-state index is 12.4. The fourth-order valence-electron chi connectivity index (χ4n) is 2.67. The standard InChI is InChI=1S/C15H19N5O2.C2HF3O2/c1-3-19(2)14-11-5-8-20(9-6-12(11)16-10-17-14)15(21)13-4-7-18-22-13;3-2(4,5)1(6)7/h4,7,10H,3,5-6,8-9H2,1-2H3;(H,6,7). The molecule has 9 nitrogen and oxygen atoms in total. The van der Waals surface area contributed by atoms with Crippen molar-refractivity contribution in [2.24, 2.45) is 0 Å². The number of fused-ring (bicyclic) bond motifs is 1. The third-order valence-corrected chi connectivity index (χ3v) is 4.28. The number of hydrogen-bond acceptors (Lipinski definition) is 7. The van der Waals surface area contributed by atoms with Crippen LogP contribution in [0.4, 0.5) is 19.0 Å². The van der Waals surface area contributed by atoms with Crippen molar-refractivity contribution < 1.29 is 32.4 Å². The Balaban J connectivity index is 0.000000370. The number of carboxylic acid groups (broad SMARTS) is 1. The van der Waals surface area contributed by atoms with Crippen LogP contribution >= 0.6 is 0 Å². The van der Waals surface area contributed by atoms with Crippen LogP contribution in [-0.4, -0.2) is 69.9 Å². The van der Waals surface area contributed by atoms with Crippen molar-refractivity contribution in [2.75, 3.05) is 31.6 Å². The first-order valence-electron chi connectivity index (χ1n) is 8.69.